The maximum Gasteiger partial charge on any atom is 0.261 e. The number of carbonyl (C=O) groups excluding carboxylic acids is 2. The van der Waals surface area contributed by atoms with Crippen LogP contribution in [0.1, 0.15) is 32.5 Å². The molecule has 2 N–H and O–H groups in total. The van der Waals surface area contributed by atoms with E-state index in [9.17, 15) is 18.0 Å². The second kappa shape index (κ2) is 9.80. The Morgan fingerprint density at radius 2 is 1.57 bits per heavy atom. The predicted molar refractivity (Wildman–Crippen MR) is 117 cm³/mol. The van der Waals surface area contributed by atoms with E-state index in [4.69, 9.17) is 0 Å². The van der Waals surface area contributed by atoms with E-state index in [0.717, 1.165) is 16.9 Å². The first-order valence-electron chi connectivity index (χ1n) is 9.38. The van der Waals surface area contributed by atoms with E-state index in [-0.39, 0.29) is 27.5 Å². The average molecular weight is 443 g/mol. The van der Waals surface area contributed by atoms with Crippen LogP contribution in [0, 0.1) is 0 Å². The van der Waals surface area contributed by atoms with Crippen molar-refractivity contribution in [1.82, 2.24) is 10.0 Å². The van der Waals surface area contributed by atoms with Crippen LogP contribution in [0.4, 0.5) is 0 Å². The van der Waals surface area contributed by atoms with Crippen molar-refractivity contribution in [3.05, 3.63) is 88.8 Å². The van der Waals surface area contributed by atoms with Crippen LogP contribution >= 0.6 is 11.3 Å². The zero-order valence-electron chi connectivity index (χ0n) is 16.4. The molecule has 0 aliphatic carbocycles. The Morgan fingerprint density at radius 3 is 2.23 bits per heavy atom. The van der Waals surface area contributed by atoms with Gasteiger partial charge in [-0.25, -0.2) is 13.1 Å². The van der Waals surface area contributed by atoms with Gasteiger partial charge in [-0.1, -0.05) is 60.7 Å². The van der Waals surface area contributed by atoms with Crippen molar-refractivity contribution in [2.75, 3.05) is 6.54 Å². The van der Waals surface area contributed by atoms with Crippen molar-refractivity contribution >= 4 is 33.1 Å². The number of hydrogen-bond acceptors (Lipinski definition) is 5. The standard InChI is InChI=1S/C22H22N2O4S2/c1-16(14-17-8-4-2-5-9-17)24-30(27,28)21-13-12-20(29-21)22(26)23-15-19(25)18-10-6-3-7-11-18/h2-13,16,24H,14-15H2,1H3,(H,23,26). The molecule has 3 aromatic rings. The number of benzene rings is 2. The van der Waals surface area contributed by atoms with Crippen molar-refractivity contribution in [3.8, 4) is 0 Å². The van der Waals surface area contributed by atoms with Gasteiger partial charge in [-0.15, -0.1) is 11.3 Å². The lowest BCUT2D eigenvalue weighted by atomic mass is 10.1. The van der Waals surface area contributed by atoms with Gasteiger partial charge in [-0.2, -0.15) is 0 Å². The van der Waals surface area contributed by atoms with Crippen molar-refractivity contribution in [2.24, 2.45) is 0 Å². The molecule has 0 saturated carbocycles. The number of amides is 1. The summed E-state index contributed by atoms with van der Waals surface area (Å²) in [5, 5.41) is 2.54. The van der Waals surface area contributed by atoms with Crippen LogP contribution in [0.5, 0.6) is 0 Å². The van der Waals surface area contributed by atoms with Gasteiger partial charge in [0.25, 0.3) is 5.91 Å². The number of nitrogens with one attached hydrogen (secondary N) is 2. The SMILES string of the molecule is CC(Cc1ccccc1)NS(=O)(=O)c1ccc(C(=O)NCC(=O)c2ccccc2)s1. The molecule has 1 aromatic heterocycles. The van der Waals surface area contributed by atoms with E-state index < -0.39 is 15.9 Å². The summed E-state index contributed by atoms with van der Waals surface area (Å²) in [5.41, 5.74) is 1.53. The van der Waals surface area contributed by atoms with E-state index in [0.29, 0.717) is 12.0 Å². The Balaban J connectivity index is 1.58. The minimum absolute atomic E-state index is 0.0574. The largest absolute Gasteiger partial charge is 0.344 e. The van der Waals surface area contributed by atoms with Crippen LogP contribution in [0.3, 0.4) is 0 Å². The first-order chi connectivity index (χ1) is 14.3. The van der Waals surface area contributed by atoms with Gasteiger partial charge in [-0.3, -0.25) is 9.59 Å². The van der Waals surface area contributed by atoms with Gasteiger partial charge in [0.2, 0.25) is 10.0 Å². The highest BCUT2D eigenvalue weighted by molar-refractivity contribution is 7.91. The summed E-state index contributed by atoms with van der Waals surface area (Å²) in [4.78, 5) is 24.6. The molecule has 0 aliphatic rings. The topological polar surface area (TPSA) is 92.3 Å². The van der Waals surface area contributed by atoms with Gasteiger partial charge < -0.3 is 5.32 Å². The molecule has 0 aliphatic heterocycles. The van der Waals surface area contributed by atoms with Crippen LogP contribution in [-0.4, -0.2) is 32.7 Å². The summed E-state index contributed by atoms with van der Waals surface area (Å²) in [6, 6.07) is 20.8. The third-order valence-electron chi connectivity index (χ3n) is 4.32. The van der Waals surface area contributed by atoms with Crippen LogP contribution in [-0.2, 0) is 16.4 Å². The lowest BCUT2D eigenvalue weighted by molar-refractivity contribution is 0.0906. The van der Waals surface area contributed by atoms with Gasteiger partial charge in [0.15, 0.2) is 5.78 Å². The van der Waals surface area contributed by atoms with Gasteiger partial charge in [0.05, 0.1) is 11.4 Å². The highest BCUT2D eigenvalue weighted by Crippen LogP contribution is 2.22. The predicted octanol–water partition coefficient (Wildman–Crippen LogP) is 3.27. The fourth-order valence-electron chi connectivity index (χ4n) is 2.89. The zero-order valence-corrected chi connectivity index (χ0v) is 18.0. The van der Waals surface area contributed by atoms with Crippen molar-refractivity contribution in [1.29, 1.82) is 0 Å². The summed E-state index contributed by atoms with van der Waals surface area (Å²) in [7, 11) is -3.74. The molecule has 0 bridgehead atoms. The molecule has 156 valence electrons. The molecular weight excluding hydrogens is 420 g/mol. The smallest absolute Gasteiger partial charge is 0.261 e. The summed E-state index contributed by atoms with van der Waals surface area (Å²) < 4.78 is 28.0. The Hall–Kier alpha value is -2.81. The number of Topliss-reactive ketones (excluding diaryl/α,β-unsaturated/α-hetero) is 1. The monoisotopic (exact) mass is 442 g/mol. The number of rotatable bonds is 9. The first kappa shape index (κ1) is 21.9. The van der Waals surface area contributed by atoms with Crippen LogP contribution in [0.15, 0.2) is 77.0 Å². The summed E-state index contributed by atoms with van der Waals surface area (Å²) in [5.74, 6) is -0.701. The molecule has 8 heteroatoms. The number of thiophene rings is 1. The van der Waals surface area contributed by atoms with E-state index >= 15 is 0 Å². The summed E-state index contributed by atoms with van der Waals surface area (Å²) in [6.07, 6.45) is 0.556. The zero-order chi connectivity index (χ0) is 21.6. The molecule has 3 rings (SSSR count). The molecule has 1 unspecified atom stereocenters. The number of ketones is 1. The molecule has 1 heterocycles. The summed E-state index contributed by atoms with van der Waals surface area (Å²) >= 11 is 0.870. The Labute approximate surface area is 180 Å². The molecule has 1 amide bonds. The lowest BCUT2D eigenvalue weighted by Gasteiger charge is -2.13. The van der Waals surface area contributed by atoms with Crippen LogP contribution in [0.25, 0.3) is 0 Å². The molecule has 0 radical (unpaired) electrons. The number of carbonyl (C=O) groups is 2. The molecule has 2 aromatic carbocycles. The van der Waals surface area contributed by atoms with E-state index in [2.05, 4.69) is 10.0 Å². The molecule has 6 nitrogen and oxygen atoms in total. The fourth-order valence-corrected chi connectivity index (χ4v) is 5.38. The molecular formula is C22H22N2O4S2. The van der Waals surface area contributed by atoms with Gasteiger partial charge in [-0.05, 0) is 31.0 Å². The lowest BCUT2D eigenvalue weighted by Crippen LogP contribution is -2.33. The first-order valence-corrected chi connectivity index (χ1v) is 11.7. The van der Waals surface area contributed by atoms with Crippen molar-refractivity contribution in [2.45, 2.75) is 23.6 Å². The number of sulfonamides is 1. The van der Waals surface area contributed by atoms with E-state index in [1.54, 1.807) is 37.3 Å². The maximum atomic E-state index is 12.6. The Bertz CT molecular complexity index is 1110. The minimum Gasteiger partial charge on any atom is -0.344 e. The Kier molecular flexibility index (Phi) is 7.15. The van der Waals surface area contributed by atoms with Gasteiger partial charge in [0, 0.05) is 11.6 Å². The third-order valence-corrected chi connectivity index (χ3v) is 7.48. The quantitative estimate of drug-likeness (QED) is 0.498. The normalized spacial score (nSPS) is 12.3. The molecule has 0 saturated heterocycles. The van der Waals surface area contributed by atoms with Crippen LogP contribution < -0.4 is 10.0 Å². The molecule has 0 fully saturated rings. The van der Waals surface area contributed by atoms with E-state index in [1.165, 1.54) is 12.1 Å². The third kappa shape index (κ3) is 5.85. The molecule has 30 heavy (non-hydrogen) atoms. The van der Waals surface area contributed by atoms with Gasteiger partial charge in [0.1, 0.15) is 4.21 Å². The van der Waals surface area contributed by atoms with E-state index in [1.807, 2.05) is 30.3 Å². The van der Waals surface area contributed by atoms with Crippen LogP contribution in [0.2, 0.25) is 0 Å². The molecule has 1 atom stereocenters. The second-order valence-electron chi connectivity index (χ2n) is 6.80. The average Bonchev–Trinajstić information content (AvgIpc) is 3.24. The fraction of sp³-hybridized carbons (Fsp3) is 0.182. The number of hydrogen-bond donors (Lipinski definition) is 2. The maximum absolute atomic E-state index is 12.6. The highest BCUT2D eigenvalue weighted by atomic mass is 32.2. The van der Waals surface area contributed by atoms with Gasteiger partial charge >= 0.3 is 0 Å². The molecule has 0 spiro atoms. The minimum atomic E-state index is -3.74. The van der Waals surface area contributed by atoms with Crippen molar-refractivity contribution in [3.63, 3.8) is 0 Å². The second-order valence-corrected chi connectivity index (χ2v) is 9.83. The Morgan fingerprint density at radius 1 is 0.933 bits per heavy atom. The van der Waals surface area contributed by atoms with Crippen molar-refractivity contribution < 1.29 is 18.0 Å². The summed E-state index contributed by atoms with van der Waals surface area (Å²) in [6.45, 7) is 1.64. The highest BCUT2D eigenvalue weighted by Gasteiger charge is 2.22.